The van der Waals surface area contributed by atoms with Gasteiger partial charge in [-0.15, -0.1) is 31.7 Å². The van der Waals surface area contributed by atoms with E-state index in [1.165, 1.54) is 24.6 Å². The third-order valence-electron chi connectivity index (χ3n) is 1.99. The van der Waals surface area contributed by atoms with Gasteiger partial charge in [0.25, 0.3) is 0 Å². The van der Waals surface area contributed by atoms with Crippen LogP contribution < -0.4 is 0 Å². The predicted molar refractivity (Wildman–Crippen MR) is 120 cm³/mol. The quantitative estimate of drug-likeness (QED) is 0.310. The Hall–Kier alpha value is 2.60. The number of hydrogen-bond donors (Lipinski definition) is 0. The predicted octanol–water partition coefficient (Wildman–Crippen LogP) is 6.74. The van der Waals surface area contributed by atoms with Gasteiger partial charge in [-0.3, -0.25) is 0 Å². The third kappa shape index (κ3) is 60.4. The average molecular weight is 452 g/mol. The van der Waals surface area contributed by atoms with Gasteiger partial charge in [-0.2, -0.15) is 0 Å². The van der Waals surface area contributed by atoms with Gasteiger partial charge in [0.1, 0.15) is 0 Å². The molecule has 0 saturated carbocycles. The standard InChI is InChI=1S/2C6H16P2.4CH3.Zr/c2*1-7(2)5-6-8(3)4;;;;;/h2*5-6H2,1-4H3;4*1H3;/q;;4*-1;+4. The Balaban J connectivity index is -0.0000000302. The van der Waals surface area contributed by atoms with E-state index in [1.807, 2.05) is 0 Å². The zero-order valence-corrected chi connectivity index (χ0v) is 23.2. The van der Waals surface area contributed by atoms with Crippen molar-refractivity contribution in [2.45, 2.75) is 0 Å². The van der Waals surface area contributed by atoms with Crippen molar-refractivity contribution in [1.82, 2.24) is 0 Å². The molecule has 0 aromatic rings. The molecule has 0 radical (unpaired) electrons. The van der Waals surface area contributed by atoms with Gasteiger partial charge >= 0.3 is 26.2 Å². The zero-order valence-electron chi connectivity index (χ0n) is 17.1. The van der Waals surface area contributed by atoms with Crippen LogP contribution in [0, 0.1) is 29.7 Å². The third-order valence-corrected chi connectivity index (χ3v) is 7.17. The summed E-state index contributed by atoms with van der Waals surface area (Å²) in [6.07, 6.45) is 5.92. The molecule has 0 aliphatic rings. The second kappa shape index (κ2) is 30.5. The van der Waals surface area contributed by atoms with Crippen LogP contribution >= 0.6 is 31.7 Å². The summed E-state index contributed by atoms with van der Waals surface area (Å²) in [6.45, 7) is 18.8. The first-order chi connectivity index (χ1) is 7.25. The van der Waals surface area contributed by atoms with Gasteiger partial charge in [0.05, 0.1) is 0 Å². The fraction of sp³-hybridized carbons (Fsp3) is 0.750. The molecule has 0 nitrogen and oxygen atoms in total. The minimum atomic E-state index is 0. The maximum Gasteiger partial charge on any atom is 4.00 e. The topological polar surface area (TPSA) is 0 Å². The van der Waals surface area contributed by atoms with Gasteiger partial charge in [-0.05, 0) is 78.0 Å². The molecule has 5 heteroatoms. The van der Waals surface area contributed by atoms with E-state index < -0.39 is 0 Å². The largest absolute Gasteiger partial charge is 4.00 e. The molecule has 21 heavy (non-hydrogen) atoms. The van der Waals surface area contributed by atoms with E-state index >= 15 is 0 Å². The first-order valence-electron chi connectivity index (χ1n) is 5.84. The zero-order chi connectivity index (χ0) is 13.1. The molecular weight excluding hydrogens is 407 g/mol. The van der Waals surface area contributed by atoms with Gasteiger partial charge in [-0.1, -0.05) is 0 Å². The fourth-order valence-corrected chi connectivity index (χ4v) is 7.20. The van der Waals surface area contributed by atoms with E-state index in [0.29, 0.717) is 31.7 Å². The van der Waals surface area contributed by atoms with Crippen molar-refractivity contribution in [1.29, 1.82) is 0 Å². The summed E-state index contributed by atoms with van der Waals surface area (Å²) in [4.78, 5) is 0. The molecule has 0 saturated heterocycles. The smallest absolute Gasteiger partial charge is 0.358 e. The van der Waals surface area contributed by atoms with Crippen LogP contribution in [-0.2, 0) is 26.2 Å². The van der Waals surface area contributed by atoms with Crippen LogP contribution in [0.15, 0.2) is 0 Å². The summed E-state index contributed by atoms with van der Waals surface area (Å²) < 4.78 is 0. The minimum Gasteiger partial charge on any atom is -0.358 e. The molecule has 0 aliphatic heterocycles. The Kier molecular flexibility index (Phi) is 63.5. The maximum absolute atomic E-state index is 2.36. The van der Waals surface area contributed by atoms with Crippen molar-refractivity contribution in [3.63, 3.8) is 0 Å². The molecule has 0 heterocycles. The minimum absolute atomic E-state index is 0. The second-order valence-corrected chi connectivity index (χ2v) is 15.6. The molecule has 0 fully saturated rings. The Morgan fingerprint density at radius 3 is 0.524 bits per heavy atom. The Morgan fingerprint density at radius 1 is 0.381 bits per heavy atom. The van der Waals surface area contributed by atoms with E-state index in [0.717, 1.165) is 0 Å². The maximum atomic E-state index is 2.36. The van der Waals surface area contributed by atoms with Crippen molar-refractivity contribution in [3.8, 4) is 0 Å². The van der Waals surface area contributed by atoms with E-state index in [-0.39, 0.29) is 55.9 Å². The van der Waals surface area contributed by atoms with Crippen LogP contribution in [0.4, 0.5) is 0 Å². The van der Waals surface area contributed by atoms with Crippen LogP contribution in [-0.4, -0.2) is 78.0 Å². The van der Waals surface area contributed by atoms with Gasteiger partial charge in [0.15, 0.2) is 0 Å². The molecule has 0 bridgehead atoms. The molecule has 0 atom stereocenters. The van der Waals surface area contributed by atoms with Crippen molar-refractivity contribution in [2.75, 3.05) is 78.0 Å². The van der Waals surface area contributed by atoms with Crippen LogP contribution in [0.25, 0.3) is 0 Å². The normalized spacial score (nSPS) is 8.57. The summed E-state index contributed by atoms with van der Waals surface area (Å²) in [6, 6.07) is 0. The van der Waals surface area contributed by atoms with E-state index in [9.17, 15) is 0 Å². The number of hydrogen-bond acceptors (Lipinski definition) is 0. The summed E-state index contributed by atoms with van der Waals surface area (Å²) >= 11 is 0. The van der Waals surface area contributed by atoms with Crippen LogP contribution in [0.5, 0.6) is 0 Å². The van der Waals surface area contributed by atoms with Crippen LogP contribution in [0.3, 0.4) is 0 Å². The molecule has 0 rings (SSSR count). The van der Waals surface area contributed by atoms with E-state index in [2.05, 4.69) is 53.3 Å². The first-order valence-corrected chi connectivity index (χ1v) is 15.5. The molecule has 0 unspecified atom stereocenters. The molecule has 132 valence electrons. The molecule has 0 aromatic carbocycles. The number of rotatable bonds is 6. The average Bonchev–Trinajstić information content (AvgIpc) is 2.12. The monoisotopic (exact) mass is 450 g/mol. The molecule has 0 spiro atoms. The molecule has 0 aromatic heterocycles. The van der Waals surface area contributed by atoms with Gasteiger partial charge in [0.2, 0.25) is 0 Å². The summed E-state index contributed by atoms with van der Waals surface area (Å²) in [5, 5.41) is 0. The summed E-state index contributed by atoms with van der Waals surface area (Å²) in [5.41, 5.74) is 0. The van der Waals surface area contributed by atoms with Crippen molar-refractivity contribution in [3.05, 3.63) is 29.7 Å². The molecule has 0 N–H and O–H groups in total. The van der Waals surface area contributed by atoms with Crippen LogP contribution in [0.2, 0.25) is 0 Å². The van der Waals surface area contributed by atoms with Crippen LogP contribution in [0.1, 0.15) is 0 Å². The Labute approximate surface area is 164 Å². The Morgan fingerprint density at radius 2 is 0.476 bits per heavy atom. The van der Waals surface area contributed by atoms with E-state index in [4.69, 9.17) is 0 Å². The molecule has 0 amide bonds. The van der Waals surface area contributed by atoms with Crippen molar-refractivity contribution >= 4 is 31.7 Å². The van der Waals surface area contributed by atoms with Gasteiger partial charge in [-0.25, -0.2) is 0 Å². The second-order valence-electron chi connectivity index (χ2n) is 5.21. The van der Waals surface area contributed by atoms with Gasteiger partial charge in [0, 0.05) is 0 Å². The first kappa shape index (κ1) is 43.7. The van der Waals surface area contributed by atoms with Gasteiger partial charge < -0.3 is 29.7 Å². The summed E-state index contributed by atoms with van der Waals surface area (Å²) in [5.74, 6) is 0. The Bertz CT molecular complexity index is 108. The van der Waals surface area contributed by atoms with Crippen molar-refractivity contribution in [2.24, 2.45) is 0 Å². The summed E-state index contributed by atoms with van der Waals surface area (Å²) in [7, 11) is 1.53. The van der Waals surface area contributed by atoms with Crippen molar-refractivity contribution < 1.29 is 26.2 Å². The molecule has 0 aliphatic carbocycles. The van der Waals surface area contributed by atoms with E-state index in [1.54, 1.807) is 0 Å². The fourth-order valence-electron chi connectivity index (χ4n) is 0.800. The molecular formula is C16H44P4Zr. The SMILES string of the molecule is CP(C)CCP(C)C.CP(C)CCP(C)C.[CH3-].[CH3-].[CH3-].[CH3-].[Zr+4].